The highest BCUT2D eigenvalue weighted by atomic mass is 32.2. The topological polar surface area (TPSA) is 75.7 Å². The molecule has 6 nitrogen and oxygen atoms in total. The summed E-state index contributed by atoms with van der Waals surface area (Å²) in [7, 11) is -3.49. The molecule has 2 heterocycles. The quantitative estimate of drug-likeness (QED) is 0.679. The number of aryl methyl sites for hydroxylation is 2. The van der Waals surface area contributed by atoms with Crippen LogP contribution in [0, 0.1) is 5.92 Å². The zero-order chi connectivity index (χ0) is 23.6. The Labute approximate surface area is 202 Å². The fourth-order valence-corrected chi connectivity index (χ4v) is 7.27. The Morgan fingerprint density at radius 2 is 1.82 bits per heavy atom. The Morgan fingerprint density at radius 1 is 1.06 bits per heavy atom. The Balaban J connectivity index is 1.16. The van der Waals surface area contributed by atoms with E-state index in [0.29, 0.717) is 50.4 Å². The number of rotatable bonds is 6. The van der Waals surface area contributed by atoms with E-state index in [1.54, 1.807) is 10.4 Å². The first-order valence-corrected chi connectivity index (χ1v) is 13.9. The third-order valence-electron chi connectivity index (χ3n) is 7.74. The zero-order valence-electron chi connectivity index (χ0n) is 19.7. The average molecular weight is 483 g/mol. The predicted octanol–water partition coefficient (Wildman–Crippen LogP) is 3.83. The lowest BCUT2D eigenvalue weighted by Gasteiger charge is -2.45. The van der Waals surface area contributed by atoms with E-state index in [9.17, 15) is 13.2 Å². The molecule has 1 amide bonds. The highest BCUT2D eigenvalue weighted by Gasteiger charge is 2.43. The van der Waals surface area contributed by atoms with Crippen molar-refractivity contribution in [3.05, 3.63) is 65.2 Å². The van der Waals surface area contributed by atoms with Crippen LogP contribution in [0.4, 0.5) is 0 Å². The van der Waals surface area contributed by atoms with Gasteiger partial charge >= 0.3 is 0 Å². The van der Waals surface area contributed by atoms with E-state index in [2.05, 4.69) is 5.32 Å². The molecule has 3 aliphatic rings. The maximum atomic E-state index is 13.3. The molecule has 0 aromatic heterocycles. The lowest BCUT2D eigenvalue weighted by molar-refractivity contribution is -0.132. The number of amides is 1. The highest BCUT2D eigenvalue weighted by Crippen LogP contribution is 2.40. The van der Waals surface area contributed by atoms with E-state index < -0.39 is 10.0 Å². The van der Waals surface area contributed by atoms with Crippen molar-refractivity contribution in [1.29, 1.82) is 0 Å². The van der Waals surface area contributed by atoms with Crippen molar-refractivity contribution in [2.75, 3.05) is 19.7 Å². The van der Waals surface area contributed by atoms with Crippen molar-refractivity contribution >= 4 is 15.9 Å². The van der Waals surface area contributed by atoms with Gasteiger partial charge in [0.25, 0.3) is 0 Å². The molecule has 1 N–H and O–H groups in total. The van der Waals surface area contributed by atoms with Gasteiger partial charge in [-0.2, -0.15) is 4.31 Å². The van der Waals surface area contributed by atoms with Gasteiger partial charge in [-0.3, -0.25) is 4.79 Å². The highest BCUT2D eigenvalue weighted by molar-refractivity contribution is 7.89. The zero-order valence-corrected chi connectivity index (χ0v) is 20.5. The van der Waals surface area contributed by atoms with Crippen LogP contribution in [0.2, 0.25) is 0 Å². The summed E-state index contributed by atoms with van der Waals surface area (Å²) in [5, 5.41) is 3.03. The second-order valence-corrected chi connectivity index (χ2v) is 12.0. The summed E-state index contributed by atoms with van der Waals surface area (Å²) in [6.45, 7) is 2.11. The van der Waals surface area contributed by atoms with Gasteiger partial charge in [0.1, 0.15) is 0 Å². The molecule has 2 fully saturated rings. The minimum absolute atomic E-state index is 0.0718. The number of carbonyl (C=O) groups is 1. The first-order chi connectivity index (χ1) is 16.4. The maximum absolute atomic E-state index is 13.3. The number of fused-ring (bicyclic) bond motifs is 1. The Hall–Kier alpha value is -2.22. The fourth-order valence-electron chi connectivity index (χ4n) is 5.77. The van der Waals surface area contributed by atoms with Crippen molar-refractivity contribution in [1.82, 2.24) is 9.62 Å². The summed E-state index contributed by atoms with van der Waals surface area (Å²) in [4.78, 5) is 13.0. The first kappa shape index (κ1) is 23.5. The molecule has 1 spiro atoms. The molecule has 2 saturated heterocycles. The largest absolute Gasteiger partial charge is 0.375 e. The van der Waals surface area contributed by atoms with Crippen LogP contribution in [0.3, 0.4) is 0 Å². The smallest absolute Gasteiger partial charge is 0.243 e. The van der Waals surface area contributed by atoms with Crippen LogP contribution < -0.4 is 5.32 Å². The van der Waals surface area contributed by atoms with Crippen molar-refractivity contribution < 1.29 is 17.9 Å². The molecular weight excluding hydrogens is 448 g/mol. The van der Waals surface area contributed by atoms with Crippen molar-refractivity contribution in [3.8, 4) is 0 Å². The molecule has 1 unspecified atom stereocenters. The summed E-state index contributed by atoms with van der Waals surface area (Å²) in [5.74, 6) is 0.340. The molecule has 1 aliphatic carbocycles. The SMILES string of the molecule is O=C(CC1CCOC2(CCN(S(=O)(=O)c3ccc4c(c3)CCC4)CC2)C1)NCc1ccccc1. The van der Waals surface area contributed by atoms with Gasteiger partial charge in [0.05, 0.1) is 10.5 Å². The van der Waals surface area contributed by atoms with Gasteiger partial charge < -0.3 is 10.1 Å². The van der Waals surface area contributed by atoms with E-state index >= 15 is 0 Å². The Kier molecular flexibility index (Phi) is 6.78. The minimum Gasteiger partial charge on any atom is -0.375 e. The second-order valence-electron chi connectivity index (χ2n) is 10.0. The molecular formula is C27H34N2O4S. The number of ether oxygens (including phenoxy) is 1. The van der Waals surface area contributed by atoms with Gasteiger partial charge in [-0.15, -0.1) is 0 Å². The third-order valence-corrected chi connectivity index (χ3v) is 9.64. The lowest BCUT2D eigenvalue weighted by atomic mass is 9.78. The second kappa shape index (κ2) is 9.80. The molecule has 182 valence electrons. The molecule has 7 heteroatoms. The van der Waals surface area contributed by atoms with Crippen LogP contribution in [0.5, 0.6) is 0 Å². The average Bonchev–Trinajstić information content (AvgIpc) is 3.32. The van der Waals surface area contributed by atoms with E-state index in [-0.39, 0.29) is 17.4 Å². The van der Waals surface area contributed by atoms with Gasteiger partial charge in [0.2, 0.25) is 15.9 Å². The van der Waals surface area contributed by atoms with Crippen LogP contribution in [-0.4, -0.2) is 43.9 Å². The van der Waals surface area contributed by atoms with Gasteiger partial charge in [-0.25, -0.2) is 8.42 Å². The van der Waals surface area contributed by atoms with E-state index in [4.69, 9.17) is 4.74 Å². The minimum atomic E-state index is -3.49. The van der Waals surface area contributed by atoms with E-state index in [0.717, 1.165) is 37.7 Å². The third kappa shape index (κ3) is 5.07. The van der Waals surface area contributed by atoms with Crippen LogP contribution in [0.15, 0.2) is 53.4 Å². The summed E-state index contributed by atoms with van der Waals surface area (Å²) in [5.41, 5.74) is 3.24. The van der Waals surface area contributed by atoms with Crippen LogP contribution >= 0.6 is 0 Å². The molecule has 2 aliphatic heterocycles. The van der Waals surface area contributed by atoms with E-state index in [1.165, 1.54) is 11.1 Å². The van der Waals surface area contributed by atoms with Crippen molar-refractivity contribution in [2.24, 2.45) is 5.92 Å². The summed E-state index contributed by atoms with van der Waals surface area (Å²) in [6.07, 6.45) is 6.66. The first-order valence-electron chi connectivity index (χ1n) is 12.5. The summed E-state index contributed by atoms with van der Waals surface area (Å²) < 4.78 is 34.4. The monoisotopic (exact) mass is 482 g/mol. The van der Waals surface area contributed by atoms with Crippen LogP contribution in [0.25, 0.3) is 0 Å². The predicted molar refractivity (Wildman–Crippen MR) is 131 cm³/mol. The molecule has 34 heavy (non-hydrogen) atoms. The van der Waals surface area contributed by atoms with Crippen LogP contribution in [-0.2, 0) is 38.9 Å². The number of carbonyl (C=O) groups excluding carboxylic acids is 1. The number of piperidine rings is 1. The maximum Gasteiger partial charge on any atom is 0.243 e. The number of hydrogen-bond acceptors (Lipinski definition) is 4. The molecule has 5 rings (SSSR count). The Morgan fingerprint density at radius 3 is 2.62 bits per heavy atom. The molecule has 0 saturated carbocycles. The molecule has 2 aromatic carbocycles. The van der Waals surface area contributed by atoms with Crippen molar-refractivity contribution in [3.63, 3.8) is 0 Å². The van der Waals surface area contributed by atoms with Gasteiger partial charge in [0, 0.05) is 32.7 Å². The summed E-state index contributed by atoms with van der Waals surface area (Å²) in [6, 6.07) is 15.6. The van der Waals surface area contributed by atoms with Crippen molar-refractivity contribution in [2.45, 2.75) is 68.4 Å². The molecule has 2 aromatic rings. The molecule has 0 bridgehead atoms. The van der Waals surface area contributed by atoms with Crippen LogP contribution in [0.1, 0.15) is 55.2 Å². The molecule has 1 atom stereocenters. The fraction of sp³-hybridized carbons (Fsp3) is 0.519. The number of nitrogens with zero attached hydrogens (tertiary/aromatic N) is 1. The lowest BCUT2D eigenvalue weighted by Crippen LogP contribution is -2.51. The number of hydrogen-bond donors (Lipinski definition) is 1. The van der Waals surface area contributed by atoms with Gasteiger partial charge in [0.15, 0.2) is 0 Å². The standard InChI is InChI=1S/C27H34N2O4S/c30-26(28-20-21-5-2-1-3-6-21)17-22-11-16-33-27(19-22)12-14-29(15-13-27)34(31,32)25-10-9-23-7-4-8-24(23)18-25/h1-3,5-6,9-10,18,22H,4,7-8,11-17,19-20H2,(H,28,30). The van der Waals surface area contributed by atoms with E-state index in [1.807, 2.05) is 42.5 Å². The normalized spacial score (nSPS) is 22.4. The molecule has 0 radical (unpaired) electrons. The van der Waals surface area contributed by atoms with Gasteiger partial charge in [-0.05, 0) is 79.7 Å². The summed E-state index contributed by atoms with van der Waals surface area (Å²) >= 11 is 0. The number of sulfonamides is 1. The number of nitrogens with one attached hydrogen (secondary N) is 1. The Bertz CT molecular complexity index is 1120. The number of benzene rings is 2. The van der Waals surface area contributed by atoms with Gasteiger partial charge in [-0.1, -0.05) is 36.4 Å².